The third kappa shape index (κ3) is 10.1. The van der Waals surface area contributed by atoms with Crippen molar-refractivity contribution in [1.82, 2.24) is 0 Å². The second kappa shape index (κ2) is 11.1. The van der Waals surface area contributed by atoms with Gasteiger partial charge in [-0.05, 0) is 0 Å². The molecule has 96 valence electrons. The summed E-state index contributed by atoms with van der Waals surface area (Å²) >= 11 is 0. The SMILES string of the molecule is CC.NC(CSSCC(N)C(=O)O)C(=O)O. The van der Waals surface area contributed by atoms with Crippen LogP contribution < -0.4 is 11.5 Å². The smallest absolute Gasteiger partial charge is 0.321 e. The second-order valence-corrected chi connectivity index (χ2v) is 5.01. The van der Waals surface area contributed by atoms with E-state index < -0.39 is 24.0 Å². The van der Waals surface area contributed by atoms with Gasteiger partial charge in [-0.15, -0.1) is 0 Å². The normalized spacial score (nSPS) is 13.2. The van der Waals surface area contributed by atoms with Gasteiger partial charge in [-0.25, -0.2) is 0 Å². The molecule has 0 radical (unpaired) electrons. The van der Waals surface area contributed by atoms with Crippen LogP contribution in [-0.4, -0.2) is 45.7 Å². The Kier molecular flexibility index (Phi) is 12.4. The summed E-state index contributed by atoms with van der Waals surface area (Å²) in [6, 6.07) is -1.85. The van der Waals surface area contributed by atoms with Crippen LogP contribution in [0.25, 0.3) is 0 Å². The van der Waals surface area contributed by atoms with E-state index in [1.54, 1.807) is 0 Å². The van der Waals surface area contributed by atoms with Crippen LogP contribution in [-0.2, 0) is 9.59 Å². The van der Waals surface area contributed by atoms with Gasteiger partial charge >= 0.3 is 11.9 Å². The van der Waals surface area contributed by atoms with Gasteiger partial charge in [-0.1, -0.05) is 35.4 Å². The van der Waals surface area contributed by atoms with Crippen LogP contribution in [0.4, 0.5) is 0 Å². The molecule has 0 heterocycles. The van der Waals surface area contributed by atoms with E-state index in [1.807, 2.05) is 13.8 Å². The molecule has 0 spiro atoms. The molecule has 0 saturated heterocycles. The lowest BCUT2D eigenvalue weighted by Crippen LogP contribution is -2.33. The van der Waals surface area contributed by atoms with E-state index in [2.05, 4.69) is 0 Å². The van der Waals surface area contributed by atoms with E-state index in [4.69, 9.17) is 21.7 Å². The van der Waals surface area contributed by atoms with Gasteiger partial charge in [0.2, 0.25) is 0 Å². The molecule has 0 bridgehead atoms. The lowest BCUT2D eigenvalue weighted by atomic mass is 10.4. The molecule has 2 unspecified atom stereocenters. The first-order valence-corrected chi connectivity index (χ1v) is 7.15. The molecule has 6 N–H and O–H groups in total. The number of rotatable bonds is 7. The van der Waals surface area contributed by atoms with Crippen molar-refractivity contribution in [2.24, 2.45) is 11.5 Å². The Bertz CT molecular complexity index is 194. The molecule has 0 aromatic rings. The number of carbonyl (C=O) groups is 2. The van der Waals surface area contributed by atoms with Crippen LogP contribution in [0, 0.1) is 0 Å². The Morgan fingerprint density at radius 2 is 1.25 bits per heavy atom. The molecule has 6 nitrogen and oxygen atoms in total. The van der Waals surface area contributed by atoms with Crippen LogP contribution >= 0.6 is 21.6 Å². The maximum Gasteiger partial charge on any atom is 0.321 e. The summed E-state index contributed by atoms with van der Waals surface area (Å²) in [6.45, 7) is 4.00. The number of carboxylic acid groups (broad SMARTS) is 2. The van der Waals surface area contributed by atoms with Crippen LogP contribution in [0.15, 0.2) is 0 Å². The quantitative estimate of drug-likeness (QED) is 0.382. The molecule has 0 aliphatic heterocycles. The van der Waals surface area contributed by atoms with Crippen LogP contribution in [0.3, 0.4) is 0 Å². The van der Waals surface area contributed by atoms with Crippen LogP contribution in [0.1, 0.15) is 13.8 Å². The first-order valence-electron chi connectivity index (χ1n) is 4.66. The van der Waals surface area contributed by atoms with Gasteiger partial charge in [-0.2, -0.15) is 0 Å². The summed E-state index contributed by atoms with van der Waals surface area (Å²) in [6.07, 6.45) is 0. The van der Waals surface area contributed by atoms with E-state index in [0.29, 0.717) is 0 Å². The van der Waals surface area contributed by atoms with Crippen molar-refractivity contribution >= 4 is 33.5 Å². The van der Waals surface area contributed by atoms with Crippen molar-refractivity contribution < 1.29 is 19.8 Å². The highest BCUT2D eigenvalue weighted by atomic mass is 33.1. The van der Waals surface area contributed by atoms with Crippen molar-refractivity contribution in [1.29, 1.82) is 0 Å². The second-order valence-electron chi connectivity index (χ2n) is 2.46. The molecular weight excluding hydrogens is 252 g/mol. The van der Waals surface area contributed by atoms with E-state index in [-0.39, 0.29) is 11.5 Å². The minimum Gasteiger partial charge on any atom is -0.480 e. The Labute approximate surface area is 103 Å². The fourth-order valence-corrected chi connectivity index (χ4v) is 2.61. The van der Waals surface area contributed by atoms with Crippen LogP contribution in [0.5, 0.6) is 0 Å². The van der Waals surface area contributed by atoms with Gasteiger partial charge in [0, 0.05) is 11.5 Å². The molecule has 0 aromatic heterocycles. The fraction of sp³-hybridized carbons (Fsp3) is 0.750. The maximum absolute atomic E-state index is 10.3. The predicted octanol–water partition coefficient (Wildman–Crippen LogP) is 0.218. The van der Waals surface area contributed by atoms with E-state index >= 15 is 0 Å². The van der Waals surface area contributed by atoms with Gasteiger partial charge in [0.1, 0.15) is 12.1 Å². The zero-order chi connectivity index (χ0) is 13.1. The summed E-state index contributed by atoms with van der Waals surface area (Å²) in [4.78, 5) is 20.5. The number of carboxylic acids is 2. The maximum atomic E-state index is 10.3. The zero-order valence-corrected chi connectivity index (χ0v) is 10.9. The summed E-state index contributed by atoms with van der Waals surface area (Å²) in [7, 11) is 2.41. The fourth-order valence-electron chi connectivity index (χ4n) is 0.385. The molecule has 2 atom stereocenters. The summed E-state index contributed by atoms with van der Waals surface area (Å²) in [5.41, 5.74) is 10.4. The van der Waals surface area contributed by atoms with E-state index in [1.165, 1.54) is 21.6 Å². The highest BCUT2D eigenvalue weighted by Gasteiger charge is 2.14. The summed E-state index contributed by atoms with van der Waals surface area (Å²) < 4.78 is 0. The predicted molar refractivity (Wildman–Crippen MR) is 67.5 cm³/mol. The highest BCUT2D eigenvalue weighted by Crippen LogP contribution is 2.22. The molecule has 0 saturated carbocycles. The molecule has 0 aliphatic rings. The molecular formula is C8H18N2O4S2. The summed E-state index contributed by atoms with van der Waals surface area (Å²) in [5.74, 6) is -1.68. The molecule has 0 amide bonds. The average Bonchev–Trinajstić information content (AvgIpc) is 2.26. The zero-order valence-electron chi connectivity index (χ0n) is 9.25. The molecule has 0 fully saturated rings. The summed E-state index contributed by atoms with van der Waals surface area (Å²) in [5, 5.41) is 16.8. The van der Waals surface area contributed by atoms with Gasteiger partial charge in [0.05, 0.1) is 0 Å². The standard InChI is InChI=1S/C6H12N2O4S2.C2H6/c7-3(5(9)10)1-13-14-2-4(8)6(11)12;1-2/h3-4H,1-2,7-8H2,(H,9,10)(H,11,12);1-2H3. The molecule has 8 heteroatoms. The number of hydrogen-bond acceptors (Lipinski definition) is 6. The Morgan fingerprint density at radius 1 is 1.00 bits per heavy atom. The first kappa shape index (κ1) is 17.9. The molecule has 16 heavy (non-hydrogen) atoms. The Morgan fingerprint density at radius 3 is 1.44 bits per heavy atom. The highest BCUT2D eigenvalue weighted by molar-refractivity contribution is 8.76. The topological polar surface area (TPSA) is 127 Å². The molecule has 0 rings (SSSR count). The largest absolute Gasteiger partial charge is 0.480 e. The third-order valence-electron chi connectivity index (χ3n) is 1.21. The van der Waals surface area contributed by atoms with Crippen molar-refractivity contribution in [3.63, 3.8) is 0 Å². The van der Waals surface area contributed by atoms with Crippen molar-refractivity contribution in [2.45, 2.75) is 25.9 Å². The van der Waals surface area contributed by atoms with Gasteiger partial charge in [0.15, 0.2) is 0 Å². The Balaban J connectivity index is 0. The van der Waals surface area contributed by atoms with Gasteiger partial charge in [0.25, 0.3) is 0 Å². The van der Waals surface area contributed by atoms with Gasteiger partial charge in [-0.3, -0.25) is 9.59 Å². The lowest BCUT2D eigenvalue weighted by Gasteiger charge is -2.07. The van der Waals surface area contributed by atoms with Crippen LogP contribution in [0.2, 0.25) is 0 Å². The van der Waals surface area contributed by atoms with Gasteiger partial charge < -0.3 is 21.7 Å². The van der Waals surface area contributed by atoms with Crippen molar-refractivity contribution in [3.8, 4) is 0 Å². The molecule has 0 aromatic carbocycles. The number of nitrogens with two attached hydrogens (primary N) is 2. The lowest BCUT2D eigenvalue weighted by molar-refractivity contribution is -0.138. The van der Waals surface area contributed by atoms with E-state index in [9.17, 15) is 9.59 Å². The monoisotopic (exact) mass is 270 g/mol. The number of hydrogen-bond donors (Lipinski definition) is 4. The van der Waals surface area contributed by atoms with Crippen molar-refractivity contribution in [2.75, 3.05) is 11.5 Å². The molecule has 0 aliphatic carbocycles. The minimum absolute atomic E-state index is 0.229. The average molecular weight is 270 g/mol. The third-order valence-corrected chi connectivity index (χ3v) is 3.69. The van der Waals surface area contributed by atoms with E-state index in [0.717, 1.165) is 0 Å². The first-order chi connectivity index (χ1) is 7.45. The number of aliphatic carboxylic acids is 2. The Hall–Kier alpha value is -0.440. The van der Waals surface area contributed by atoms with Crippen molar-refractivity contribution in [3.05, 3.63) is 0 Å². The minimum atomic E-state index is -1.07.